The number of carbonyl (C=O) groups is 1. The first kappa shape index (κ1) is 24.0. The number of carbonyl (C=O) groups excluding carboxylic acids is 1. The summed E-state index contributed by atoms with van der Waals surface area (Å²) in [6, 6.07) is 6.97. The number of rotatable bonds is 4. The molecule has 0 aliphatic carbocycles. The van der Waals surface area contributed by atoms with E-state index in [-0.39, 0.29) is 30.7 Å². The van der Waals surface area contributed by atoms with Crippen LogP contribution < -0.4 is 5.73 Å². The molecule has 4 aromatic rings. The molecule has 8 nitrogen and oxygen atoms in total. The predicted molar refractivity (Wildman–Crippen MR) is 128 cm³/mol. The van der Waals surface area contributed by atoms with E-state index in [2.05, 4.69) is 15.1 Å². The number of nitrogen functional groups attached to an aromatic ring is 1. The van der Waals surface area contributed by atoms with Crippen LogP contribution in [-0.4, -0.2) is 43.7 Å². The molecule has 11 heteroatoms. The maximum atomic E-state index is 13.9. The summed E-state index contributed by atoms with van der Waals surface area (Å²) in [7, 11) is 1.79. The number of halogens is 3. The van der Waals surface area contributed by atoms with Crippen molar-refractivity contribution in [3.05, 3.63) is 59.0 Å². The highest BCUT2D eigenvalue weighted by atomic mass is 19.4. The Morgan fingerprint density at radius 3 is 2.72 bits per heavy atom. The lowest BCUT2D eigenvalue weighted by Crippen LogP contribution is -2.41. The molecule has 0 fully saturated rings. The minimum Gasteiger partial charge on any atom is -0.383 e. The standard InChI is InChI=1S/C25H25F3N6O2/c1-13(2)10-34(20-12-36-11-19-15(20)5-7-21(31-19)25(26,27)28)24(35)14-4-6-18-16(8-14)22-17(23(29)32-18)9-30-33(22)3/h4-9,13,20H,10-12H2,1-3H3,(H2,29,32)/t20-/m0/s1. The molecule has 1 aromatic carbocycles. The Morgan fingerprint density at radius 2 is 2.00 bits per heavy atom. The van der Waals surface area contributed by atoms with Crippen LogP contribution in [0.4, 0.5) is 19.0 Å². The third-order valence-electron chi connectivity index (χ3n) is 6.33. The smallest absolute Gasteiger partial charge is 0.383 e. The van der Waals surface area contributed by atoms with Gasteiger partial charge < -0.3 is 15.4 Å². The summed E-state index contributed by atoms with van der Waals surface area (Å²) in [5.74, 6) is 0.194. The molecule has 1 amide bonds. The average molecular weight is 499 g/mol. The number of hydrogen-bond acceptors (Lipinski definition) is 6. The van der Waals surface area contributed by atoms with Crippen molar-refractivity contribution in [2.75, 3.05) is 18.9 Å². The molecule has 1 aliphatic heterocycles. The second-order valence-electron chi connectivity index (χ2n) is 9.37. The number of alkyl halides is 3. The number of fused-ring (bicyclic) bond motifs is 4. The third-order valence-corrected chi connectivity index (χ3v) is 6.33. The zero-order valence-electron chi connectivity index (χ0n) is 20.0. The largest absolute Gasteiger partial charge is 0.433 e. The van der Waals surface area contributed by atoms with Gasteiger partial charge in [0.15, 0.2) is 0 Å². The van der Waals surface area contributed by atoms with Gasteiger partial charge in [0.25, 0.3) is 5.91 Å². The Labute approximate surface area is 204 Å². The molecule has 0 saturated carbocycles. The van der Waals surface area contributed by atoms with Crippen molar-refractivity contribution in [1.29, 1.82) is 0 Å². The highest BCUT2D eigenvalue weighted by Gasteiger charge is 2.36. The van der Waals surface area contributed by atoms with Crippen LogP contribution in [0.2, 0.25) is 0 Å². The van der Waals surface area contributed by atoms with Crippen molar-refractivity contribution in [3.8, 4) is 0 Å². The van der Waals surface area contributed by atoms with E-state index in [4.69, 9.17) is 10.5 Å². The lowest BCUT2D eigenvalue weighted by molar-refractivity contribution is -0.141. The average Bonchev–Trinajstić information content (AvgIpc) is 3.23. The van der Waals surface area contributed by atoms with E-state index in [1.165, 1.54) is 6.07 Å². The van der Waals surface area contributed by atoms with Crippen LogP contribution in [0.5, 0.6) is 0 Å². The Hall–Kier alpha value is -3.73. The molecule has 188 valence electrons. The molecule has 0 saturated heterocycles. The van der Waals surface area contributed by atoms with Crippen LogP contribution in [0.15, 0.2) is 36.5 Å². The molecule has 0 bridgehead atoms. The summed E-state index contributed by atoms with van der Waals surface area (Å²) >= 11 is 0. The van der Waals surface area contributed by atoms with Crippen molar-refractivity contribution in [2.45, 2.75) is 32.7 Å². The van der Waals surface area contributed by atoms with Gasteiger partial charge in [-0.05, 0) is 30.2 Å². The molecule has 0 unspecified atom stereocenters. The molecular weight excluding hydrogens is 473 g/mol. The van der Waals surface area contributed by atoms with Crippen molar-refractivity contribution >= 4 is 33.5 Å². The molecule has 0 radical (unpaired) electrons. The molecule has 1 atom stereocenters. The van der Waals surface area contributed by atoms with Gasteiger partial charge in [-0.15, -0.1) is 0 Å². The third kappa shape index (κ3) is 4.13. The first-order chi connectivity index (χ1) is 17.0. The first-order valence-corrected chi connectivity index (χ1v) is 11.5. The SMILES string of the molecule is CC(C)CN(C(=O)c1ccc2nc(N)c3cnn(C)c3c2c1)[C@H]1COCc2nc(C(F)(F)F)ccc21. The molecule has 1 aliphatic rings. The van der Waals surface area contributed by atoms with Gasteiger partial charge in [0, 0.05) is 30.1 Å². The zero-order chi connectivity index (χ0) is 25.8. The van der Waals surface area contributed by atoms with E-state index in [0.717, 1.165) is 17.0 Å². The van der Waals surface area contributed by atoms with E-state index in [1.807, 2.05) is 13.8 Å². The normalized spacial score (nSPS) is 16.0. The van der Waals surface area contributed by atoms with Crippen LogP contribution >= 0.6 is 0 Å². The van der Waals surface area contributed by atoms with E-state index >= 15 is 0 Å². The summed E-state index contributed by atoms with van der Waals surface area (Å²) in [5.41, 5.74) is 7.68. The number of aryl methyl sites for hydroxylation is 1. The monoisotopic (exact) mass is 498 g/mol. The first-order valence-electron chi connectivity index (χ1n) is 11.5. The number of aromatic nitrogens is 4. The van der Waals surface area contributed by atoms with Crippen LogP contribution in [0, 0.1) is 5.92 Å². The molecule has 0 spiro atoms. The Morgan fingerprint density at radius 1 is 1.22 bits per heavy atom. The van der Waals surface area contributed by atoms with Gasteiger partial charge in [0.05, 0.1) is 47.6 Å². The number of nitrogens with zero attached hydrogens (tertiary/aromatic N) is 5. The lowest BCUT2D eigenvalue weighted by atomic mass is 9.98. The fourth-order valence-corrected chi connectivity index (χ4v) is 4.71. The Balaban J connectivity index is 1.58. The number of hydrogen-bond donors (Lipinski definition) is 1. The molecule has 36 heavy (non-hydrogen) atoms. The maximum Gasteiger partial charge on any atom is 0.433 e. The van der Waals surface area contributed by atoms with Crippen LogP contribution in [0.25, 0.3) is 21.8 Å². The molecule has 4 heterocycles. The number of amides is 1. The highest BCUT2D eigenvalue weighted by Crippen LogP contribution is 2.35. The lowest BCUT2D eigenvalue weighted by Gasteiger charge is -2.36. The molecule has 5 rings (SSSR count). The van der Waals surface area contributed by atoms with E-state index in [1.54, 1.807) is 41.0 Å². The number of anilines is 1. The van der Waals surface area contributed by atoms with Crippen molar-refractivity contribution in [1.82, 2.24) is 24.6 Å². The summed E-state index contributed by atoms with van der Waals surface area (Å²) in [4.78, 5) is 23.8. The second-order valence-corrected chi connectivity index (χ2v) is 9.37. The van der Waals surface area contributed by atoms with Gasteiger partial charge in [-0.3, -0.25) is 9.48 Å². The summed E-state index contributed by atoms with van der Waals surface area (Å²) in [6.07, 6.45) is -2.93. The number of benzene rings is 1. The van der Waals surface area contributed by atoms with Crippen molar-refractivity contribution in [2.24, 2.45) is 13.0 Å². The minimum atomic E-state index is -4.56. The van der Waals surface area contributed by atoms with Gasteiger partial charge in [0.2, 0.25) is 0 Å². The van der Waals surface area contributed by atoms with E-state index in [0.29, 0.717) is 34.4 Å². The van der Waals surface area contributed by atoms with Gasteiger partial charge in [-0.1, -0.05) is 19.9 Å². The zero-order valence-corrected chi connectivity index (χ0v) is 20.0. The fourth-order valence-electron chi connectivity index (χ4n) is 4.71. The van der Waals surface area contributed by atoms with Gasteiger partial charge in [-0.2, -0.15) is 18.3 Å². The van der Waals surface area contributed by atoms with Crippen LogP contribution in [-0.2, 0) is 24.6 Å². The number of ether oxygens (including phenoxy) is 1. The minimum absolute atomic E-state index is 0.0407. The van der Waals surface area contributed by atoms with Crippen molar-refractivity contribution < 1.29 is 22.7 Å². The topological polar surface area (TPSA) is 99.2 Å². The van der Waals surface area contributed by atoms with E-state index in [9.17, 15) is 18.0 Å². The van der Waals surface area contributed by atoms with Gasteiger partial charge in [0.1, 0.15) is 11.5 Å². The van der Waals surface area contributed by atoms with Gasteiger partial charge >= 0.3 is 6.18 Å². The number of nitrogens with two attached hydrogens (primary N) is 1. The molecule has 2 N–H and O–H groups in total. The summed E-state index contributed by atoms with van der Waals surface area (Å²) < 4.78 is 46.9. The quantitative estimate of drug-likeness (QED) is 0.445. The van der Waals surface area contributed by atoms with Crippen molar-refractivity contribution in [3.63, 3.8) is 0 Å². The van der Waals surface area contributed by atoms with Gasteiger partial charge in [-0.25, -0.2) is 9.97 Å². The maximum absolute atomic E-state index is 13.9. The predicted octanol–water partition coefficient (Wildman–Crippen LogP) is 4.49. The van der Waals surface area contributed by atoms with Crippen LogP contribution in [0.1, 0.15) is 47.2 Å². The Bertz CT molecular complexity index is 1480. The molecule has 3 aromatic heterocycles. The number of pyridine rings is 2. The fraction of sp³-hybridized carbons (Fsp3) is 0.360. The summed E-state index contributed by atoms with van der Waals surface area (Å²) in [6.45, 7) is 4.45. The second kappa shape index (κ2) is 8.74. The Kier molecular flexibility index (Phi) is 5.82. The molecular formula is C25H25F3N6O2. The van der Waals surface area contributed by atoms with E-state index < -0.39 is 17.9 Å². The highest BCUT2D eigenvalue weighted by molar-refractivity contribution is 6.10. The summed E-state index contributed by atoms with van der Waals surface area (Å²) in [5, 5.41) is 5.69. The van der Waals surface area contributed by atoms with Crippen LogP contribution in [0.3, 0.4) is 0 Å².